The normalized spacial score (nSPS) is 23.5. The van der Waals surface area contributed by atoms with Crippen LogP contribution in [0.2, 0.25) is 0 Å². The Kier molecular flexibility index (Phi) is 4.12. The maximum absolute atomic E-state index is 13.6. The van der Waals surface area contributed by atoms with Crippen LogP contribution in [-0.4, -0.2) is 17.8 Å². The number of aliphatic hydroxyl groups is 1. The molecule has 0 radical (unpaired) electrons. The van der Waals surface area contributed by atoms with Crippen molar-refractivity contribution < 1.29 is 13.9 Å². The van der Waals surface area contributed by atoms with Crippen LogP contribution in [0.5, 0.6) is 0 Å². The van der Waals surface area contributed by atoms with E-state index in [1.807, 2.05) is 0 Å². The van der Waals surface area contributed by atoms with E-state index in [4.69, 9.17) is 5.11 Å². The highest BCUT2D eigenvalue weighted by molar-refractivity contribution is 9.10. The molecular formula is C12H14BrF2NO. The van der Waals surface area contributed by atoms with Gasteiger partial charge in [0.1, 0.15) is 11.6 Å². The molecule has 1 saturated carbocycles. The van der Waals surface area contributed by atoms with Gasteiger partial charge in [0.05, 0.1) is 10.6 Å². The molecule has 0 spiro atoms. The Morgan fingerprint density at radius 1 is 1.35 bits per heavy atom. The lowest BCUT2D eigenvalue weighted by Crippen LogP contribution is -2.36. The molecule has 0 heterocycles. The Bertz CT molecular complexity index is 408. The molecule has 0 aliphatic heterocycles. The predicted octanol–water partition coefficient (Wildman–Crippen LogP) is 2.59. The first-order chi connectivity index (χ1) is 8.08. The molecule has 1 fully saturated rings. The van der Waals surface area contributed by atoms with Gasteiger partial charge in [0.25, 0.3) is 0 Å². The number of hydrogen-bond donors (Lipinski definition) is 2. The van der Waals surface area contributed by atoms with Crippen LogP contribution in [0.15, 0.2) is 16.6 Å². The molecule has 5 heteroatoms. The number of halogens is 3. The van der Waals surface area contributed by atoms with Crippen LogP contribution < -0.4 is 5.32 Å². The van der Waals surface area contributed by atoms with E-state index in [-0.39, 0.29) is 22.7 Å². The Morgan fingerprint density at radius 3 is 2.71 bits per heavy atom. The molecule has 1 aliphatic carbocycles. The average Bonchev–Trinajstić information content (AvgIpc) is 2.26. The third kappa shape index (κ3) is 3.03. The van der Waals surface area contributed by atoms with Crippen LogP contribution in [0.3, 0.4) is 0 Å². The van der Waals surface area contributed by atoms with Crippen LogP contribution in [0.25, 0.3) is 0 Å². The largest absolute Gasteiger partial charge is 0.393 e. The zero-order valence-corrected chi connectivity index (χ0v) is 10.8. The molecule has 94 valence electrons. The maximum Gasteiger partial charge on any atom is 0.144 e. The molecule has 2 rings (SSSR count). The highest BCUT2D eigenvalue weighted by atomic mass is 79.9. The Morgan fingerprint density at radius 2 is 2.06 bits per heavy atom. The van der Waals surface area contributed by atoms with Crippen LogP contribution in [0.4, 0.5) is 8.78 Å². The Hall–Kier alpha value is -0.520. The van der Waals surface area contributed by atoms with Crippen LogP contribution in [0.1, 0.15) is 18.4 Å². The molecule has 0 atom stereocenters. The molecular weight excluding hydrogens is 292 g/mol. The standard InChI is InChI=1S/C12H14BrF2NO/c13-10-1-2-11(14)9(12(10)15)6-16-5-7-3-8(17)4-7/h1-2,7-8,16-17H,3-6H2. The summed E-state index contributed by atoms with van der Waals surface area (Å²) in [7, 11) is 0. The van der Waals surface area contributed by atoms with Crippen molar-refractivity contribution in [3.8, 4) is 0 Å². The van der Waals surface area contributed by atoms with Gasteiger partial charge in [-0.15, -0.1) is 0 Å². The monoisotopic (exact) mass is 305 g/mol. The lowest BCUT2D eigenvalue weighted by atomic mass is 9.82. The molecule has 0 aromatic heterocycles. The van der Waals surface area contributed by atoms with E-state index in [0.717, 1.165) is 12.8 Å². The minimum absolute atomic E-state index is 0.0549. The molecule has 1 aromatic rings. The minimum atomic E-state index is -0.550. The number of nitrogens with one attached hydrogen (secondary N) is 1. The fourth-order valence-corrected chi connectivity index (χ4v) is 2.37. The van der Waals surface area contributed by atoms with Crippen molar-refractivity contribution in [3.63, 3.8) is 0 Å². The molecule has 1 aliphatic rings. The van der Waals surface area contributed by atoms with E-state index in [1.165, 1.54) is 12.1 Å². The molecule has 1 aromatic carbocycles. The maximum atomic E-state index is 13.6. The summed E-state index contributed by atoms with van der Waals surface area (Å²) in [6, 6.07) is 2.60. The van der Waals surface area contributed by atoms with Gasteiger partial charge >= 0.3 is 0 Å². The third-order valence-electron chi connectivity index (χ3n) is 3.08. The van der Waals surface area contributed by atoms with Crippen LogP contribution in [0, 0.1) is 17.6 Å². The van der Waals surface area contributed by atoms with Crippen molar-refractivity contribution in [2.75, 3.05) is 6.54 Å². The van der Waals surface area contributed by atoms with Crippen LogP contribution >= 0.6 is 15.9 Å². The number of aliphatic hydroxyl groups excluding tert-OH is 1. The van der Waals surface area contributed by atoms with E-state index in [0.29, 0.717) is 12.5 Å². The first-order valence-corrected chi connectivity index (χ1v) is 6.38. The molecule has 17 heavy (non-hydrogen) atoms. The zero-order chi connectivity index (χ0) is 12.4. The van der Waals surface area contributed by atoms with E-state index >= 15 is 0 Å². The van der Waals surface area contributed by atoms with E-state index in [9.17, 15) is 8.78 Å². The lowest BCUT2D eigenvalue weighted by molar-refractivity contribution is 0.0429. The summed E-state index contributed by atoms with van der Waals surface area (Å²) in [5.41, 5.74) is 0.0549. The number of benzene rings is 1. The summed E-state index contributed by atoms with van der Waals surface area (Å²) >= 11 is 3.03. The summed E-state index contributed by atoms with van der Waals surface area (Å²) < 4.78 is 27.2. The Balaban J connectivity index is 1.88. The summed E-state index contributed by atoms with van der Waals surface area (Å²) in [4.78, 5) is 0. The molecule has 2 N–H and O–H groups in total. The second-order valence-electron chi connectivity index (χ2n) is 4.44. The lowest BCUT2D eigenvalue weighted by Gasteiger charge is -2.31. The van der Waals surface area contributed by atoms with Gasteiger partial charge in [-0.1, -0.05) is 0 Å². The third-order valence-corrected chi connectivity index (χ3v) is 3.70. The molecule has 2 nitrogen and oxygen atoms in total. The van der Waals surface area contributed by atoms with Gasteiger partial charge in [0.2, 0.25) is 0 Å². The quantitative estimate of drug-likeness (QED) is 0.838. The first-order valence-electron chi connectivity index (χ1n) is 5.59. The SMILES string of the molecule is OC1CC(CNCc2c(F)ccc(Br)c2F)C1. The second kappa shape index (κ2) is 5.42. The average molecular weight is 306 g/mol. The van der Waals surface area contributed by atoms with E-state index in [2.05, 4.69) is 21.2 Å². The zero-order valence-electron chi connectivity index (χ0n) is 9.22. The predicted molar refractivity (Wildman–Crippen MR) is 64.5 cm³/mol. The fourth-order valence-electron chi connectivity index (χ4n) is 2.00. The summed E-state index contributed by atoms with van der Waals surface area (Å²) in [5.74, 6) is -0.665. The Labute approximate surface area is 107 Å². The summed E-state index contributed by atoms with van der Waals surface area (Å²) in [5, 5.41) is 12.1. The van der Waals surface area contributed by atoms with Crippen molar-refractivity contribution in [3.05, 3.63) is 33.8 Å². The number of rotatable bonds is 4. The van der Waals surface area contributed by atoms with Gasteiger partial charge in [-0.3, -0.25) is 0 Å². The molecule has 0 saturated heterocycles. The van der Waals surface area contributed by atoms with Crippen LogP contribution in [-0.2, 0) is 6.54 Å². The minimum Gasteiger partial charge on any atom is -0.393 e. The topological polar surface area (TPSA) is 32.3 Å². The first kappa shape index (κ1) is 12.9. The number of hydrogen-bond acceptors (Lipinski definition) is 2. The van der Waals surface area contributed by atoms with E-state index in [1.54, 1.807) is 0 Å². The molecule has 0 unspecified atom stereocenters. The molecule has 0 bridgehead atoms. The fraction of sp³-hybridized carbons (Fsp3) is 0.500. The van der Waals surface area contributed by atoms with Crippen molar-refractivity contribution in [1.29, 1.82) is 0 Å². The van der Waals surface area contributed by atoms with Gasteiger partial charge in [-0.2, -0.15) is 0 Å². The smallest absolute Gasteiger partial charge is 0.144 e. The summed E-state index contributed by atoms with van der Waals surface area (Å²) in [6.07, 6.45) is 1.36. The van der Waals surface area contributed by atoms with Gasteiger partial charge in [-0.05, 0) is 53.4 Å². The highest BCUT2D eigenvalue weighted by Crippen LogP contribution is 2.26. The van der Waals surface area contributed by atoms with Crippen molar-refractivity contribution in [2.45, 2.75) is 25.5 Å². The van der Waals surface area contributed by atoms with Gasteiger partial charge in [0, 0.05) is 12.1 Å². The van der Waals surface area contributed by atoms with Gasteiger partial charge in [-0.25, -0.2) is 8.78 Å². The van der Waals surface area contributed by atoms with Crippen molar-refractivity contribution in [1.82, 2.24) is 5.32 Å². The van der Waals surface area contributed by atoms with Gasteiger partial charge in [0.15, 0.2) is 0 Å². The molecule has 0 amide bonds. The van der Waals surface area contributed by atoms with Crippen molar-refractivity contribution >= 4 is 15.9 Å². The summed E-state index contributed by atoms with van der Waals surface area (Å²) in [6.45, 7) is 0.853. The highest BCUT2D eigenvalue weighted by Gasteiger charge is 2.26. The van der Waals surface area contributed by atoms with Gasteiger partial charge < -0.3 is 10.4 Å². The van der Waals surface area contributed by atoms with Crippen molar-refractivity contribution in [2.24, 2.45) is 5.92 Å². The second-order valence-corrected chi connectivity index (χ2v) is 5.30. The van der Waals surface area contributed by atoms with E-state index < -0.39 is 11.6 Å².